The quantitative estimate of drug-likeness (QED) is 0.120. The molecule has 0 aliphatic carbocycles. The van der Waals surface area contributed by atoms with Crippen LogP contribution in [0.3, 0.4) is 0 Å². The first-order chi connectivity index (χ1) is 10.8. The summed E-state index contributed by atoms with van der Waals surface area (Å²) in [6.45, 7) is 5.76. The highest BCUT2D eigenvalue weighted by molar-refractivity contribution is 8.75. The van der Waals surface area contributed by atoms with E-state index in [1.54, 1.807) is 37.9 Å². The van der Waals surface area contributed by atoms with Crippen LogP contribution >= 0.6 is 21.8 Å². The van der Waals surface area contributed by atoms with Crippen molar-refractivity contribution in [2.45, 2.75) is 64.0 Å². The van der Waals surface area contributed by atoms with Crippen LogP contribution in [0.2, 0.25) is 0 Å². The maximum Gasteiger partial charge on any atom is 0.446 e. The predicted molar refractivity (Wildman–Crippen MR) is 104 cm³/mol. The van der Waals surface area contributed by atoms with Gasteiger partial charge in [0.25, 0.3) is 0 Å². The van der Waals surface area contributed by atoms with Gasteiger partial charge in [-0.25, -0.2) is 9.10 Å². The molecule has 1 unspecified atom stereocenters. The van der Waals surface area contributed by atoms with Crippen LogP contribution in [0.5, 0.6) is 0 Å². The van der Waals surface area contributed by atoms with Gasteiger partial charge < -0.3 is 0 Å². The minimum atomic E-state index is -1.08. The fraction of sp³-hybridized carbons (Fsp3) is 0.867. The third kappa shape index (κ3) is 11.9. The van der Waals surface area contributed by atoms with E-state index in [-0.39, 0.29) is 0 Å². The van der Waals surface area contributed by atoms with Crippen LogP contribution in [0, 0.1) is 0 Å². The first kappa shape index (κ1) is 22.8. The lowest BCUT2D eigenvalue weighted by atomic mass is 10.1. The Labute approximate surface area is 151 Å². The van der Waals surface area contributed by atoms with Gasteiger partial charge in [0.15, 0.2) is 0 Å². The second-order valence-corrected chi connectivity index (χ2v) is 10.3. The van der Waals surface area contributed by atoms with Crippen molar-refractivity contribution in [3.8, 4) is 0 Å². The minimum Gasteiger partial charge on any atom is -0.298 e. The number of carbonyl (C=O) groups is 1. The van der Waals surface area contributed by atoms with Crippen molar-refractivity contribution < 1.29 is 13.8 Å². The zero-order valence-electron chi connectivity index (χ0n) is 14.9. The molecule has 0 spiro atoms. The molecule has 1 atom stereocenters. The number of amides is 1. The molecule has 0 aromatic carbocycles. The van der Waals surface area contributed by atoms with Gasteiger partial charge in [-0.1, -0.05) is 55.0 Å². The zero-order chi connectivity index (χ0) is 17.7. The van der Waals surface area contributed by atoms with E-state index in [9.17, 15) is 9.00 Å². The molecule has 0 saturated heterocycles. The Bertz CT molecular complexity index is 390. The van der Waals surface area contributed by atoms with Gasteiger partial charge in [-0.3, -0.25) is 9.05 Å². The molecule has 0 bridgehead atoms. The van der Waals surface area contributed by atoms with E-state index in [1.807, 2.05) is 0 Å². The molecule has 136 valence electrons. The smallest absolute Gasteiger partial charge is 0.298 e. The maximum absolute atomic E-state index is 11.7. The maximum atomic E-state index is 11.7. The van der Waals surface area contributed by atoms with Gasteiger partial charge in [0, 0.05) is 40.8 Å². The SMILES string of the molecule is CCCCCCCCSSN(C)C(=O)ON=CC(C)(C)S(C)=O. The summed E-state index contributed by atoms with van der Waals surface area (Å²) in [4.78, 5) is 16.5. The Morgan fingerprint density at radius 3 is 2.48 bits per heavy atom. The number of rotatable bonds is 12. The topological polar surface area (TPSA) is 59.0 Å². The highest BCUT2D eigenvalue weighted by atomic mass is 33.1. The normalized spacial score (nSPS) is 13.3. The summed E-state index contributed by atoms with van der Waals surface area (Å²) in [5.41, 5.74) is 0. The Kier molecular flexibility index (Phi) is 13.0. The van der Waals surface area contributed by atoms with Crippen LogP contribution in [0.1, 0.15) is 59.3 Å². The first-order valence-electron chi connectivity index (χ1n) is 7.93. The van der Waals surface area contributed by atoms with Crippen molar-refractivity contribution in [3.63, 3.8) is 0 Å². The zero-order valence-corrected chi connectivity index (χ0v) is 17.3. The van der Waals surface area contributed by atoms with Crippen molar-refractivity contribution >= 4 is 44.9 Å². The van der Waals surface area contributed by atoms with Crippen molar-refractivity contribution in [2.75, 3.05) is 19.1 Å². The molecule has 0 N–H and O–H groups in total. The summed E-state index contributed by atoms with van der Waals surface area (Å²) >= 11 is 0. The van der Waals surface area contributed by atoms with Gasteiger partial charge in [0.05, 0.1) is 11.0 Å². The molecule has 8 heteroatoms. The Hall–Kier alpha value is -0.210. The standard InChI is InChI=1S/C15H30N2O3S3/c1-6-7-8-9-10-11-12-21-22-17(4)14(18)20-16-13-15(2,3)23(5)19/h13H,6-12H2,1-5H3. The second kappa shape index (κ2) is 13.1. The molecule has 0 rings (SSSR count). The first-order valence-corrected chi connectivity index (χ1v) is 11.8. The molecule has 23 heavy (non-hydrogen) atoms. The third-order valence-corrected chi connectivity index (χ3v) is 7.25. The number of unbranched alkanes of at least 4 members (excludes halogenated alkanes) is 5. The van der Waals surface area contributed by atoms with Crippen LogP contribution in [0.15, 0.2) is 5.16 Å². The average Bonchev–Trinajstić information content (AvgIpc) is 2.49. The molecule has 5 nitrogen and oxygen atoms in total. The second-order valence-electron chi connectivity index (χ2n) is 5.81. The fourth-order valence-electron chi connectivity index (χ4n) is 1.42. The summed E-state index contributed by atoms with van der Waals surface area (Å²) in [6.07, 6.45) is 10.1. The third-order valence-electron chi connectivity index (χ3n) is 3.24. The number of oxime groups is 1. The molecule has 0 aromatic rings. The van der Waals surface area contributed by atoms with Crippen molar-refractivity contribution in [1.82, 2.24) is 4.31 Å². The van der Waals surface area contributed by atoms with E-state index in [4.69, 9.17) is 4.84 Å². The highest BCUT2D eigenvalue weighted by Gasteiger charge is 2.20. The lowest BCUT2D eigenvalue weighted by molar-refractivity contribution is 0.137. The highest BCUT2D eigenvalue weighted by Crippen LogP contribution is 2.26. The molecule has 0 heterocycles. The minimum absolute atomic E-state index is 0.528. The Morgan fingerprint density at radius 2 is 1.87 bits per heavy atom. The summed E-state index contributed by atoms with van der Waals surface area (Å²) in [6, 6.07) is 0. The van der Waals surface area contributed by atoms with Crippen LogP contribution in [0.4, 0.5) is 4.79 Å². The van der Waals surface area contributed by atoms with Gasteiger partial charge >= 0.3 is 6.09 Å². The summed E-state index contributed by atoms with van der Waals surface area (Å²) < 4.78 is 12.2. The van der Waals surface area contributed by atoms with Gasteiger partial charge in [-0.2, -0.15) is 0 Å². The van der Waals surface area contributed by atoms with Crippen molar-refractivity contribution in [1.29, 1.82) is 0 Å². The number of nitrogens with zero attached hydrogens (tertiary/aromatic N) is 2. The fourth-order valence-corrected chi connectivity index (χ4v) is 3.49. The molecular weight excluding hydrogens is 352 g/mol. The van der Waals surface area contributed by atoms with Gasteiger partial charge in [0.1, 0.15) is 0 Å². The van der Waals surface area contributed by atoms with Crippen LogP contribution in [-0.2, 0) is 15.6 Å². The molecule has 0 saturated carbocycles. The molecule has 0 radical (unpaired) electrons. The summed E-state index contributed by atoms with van der Waals surface area (Å²) in [5.74, 6) is 1.01. The van der Waals surface area contributed by atoms with Gasteiger partial charge in [-0.05, 0) is 20.3 Å². The van der Waals surface area contributed by atoms with Crippen molar-refractivity contribution in [3.05, 3.63) is 0 Å². The lowest BCUT2D eigenvalue weighted by Crippen LogP contribution is -2.28. The van der Waals surface area contributed by atoms with Gasteiger partial charge in [0.2, 0.25) is 0 Å². The van der Waals surface area contributed by atoms with E-state index >= 15 is 0 Å². The Balaban J connectivity index is 3.78. The van der Waals surface area contributed by atoms with E-state index in [0.29, 0.717) is 0 Å². The molecular formula is C15H30N2O3S3. The Morgan fingerprint density at radius 1 is 1.26 bits per heavy atom. The monoisotopic (exact) mass is 382 g/mol. The van der Waals surface area contributed by atoms with E-state index < -0.39 is 21.6 Å². The number of carbonyl (C=O) groups excluding carboxylic acids is 1. The van der Waals surface area contributed by atoms with E-state index in [1.165, 1.54) is 60.0 Å². The molecule has 0 fully saturated rings. The molecule has 0 aliphatic heterocycles. The summed E-state index contributed by atoms with van der Waals surface area (Å²) in [7, 11) is 3.57. The average molecular weight is 383 g/mol. The number of hydrogen-bond donors (Lipinski definition) is 0. The number of hydrogen-bond acceptors (Lipinski definition) is 6. The summed E-state index contributed by atoms with van der Waals surface area (Å²) in [5, 5.41) is 3.64. The van der Waals surface area contributed by atoms with E-state index in [2.05, 4.69) is 12.1 Å². The predicted octanol–water partition coefficient (Wildman–Crippen LogP) is 4.85. The van der Waals surface area contributed by atoms with Crippen molar-refractivity contribution in [2.24, 2.45) is 5.16 Å². The largest absolute Gasteiger partial charge is 0.446 e. The molecule has 0 aliphatic rings. The molecule has 0 aromatic heterocycles. The van der Waals surface area contributed by atoms with E-state index in [0.717, 1.165) is 5.75 Å². The molecule has 1 amide bonds. The van der Waals surface area contributed by atoms with Crippen LogP contribution in [0.25, 0.3) is 0 Å². The van der Waals surface area contributed by atoms with Gasteiger partial charge in [-0.15, -0.1) is 0 Å². The van der Waals surface area contributed by atoms with Crippen LogP contribution in [-0.4, -0.2) is 44.6 Å². The van der Waals surface area contributed by atoms with Crippen LogP contribution < -0.4 is 0 Å². The lowest BCUT2D eigenvalue weighted by Gasteiger charge is -2.15.